The Balaban J connectivity index is 2.17. The van der Waals surface area contributed by atoms with E-state index in [0.29, 0.717) is 35.0 Å². The predicted molar refractivity (Wildman–Crippen MR) is 106 cm³/mol. The van der Waals surface area contributed by atoms with Crippen molar-refractivity contribution in [1.82, 2.24) is 4.57 Å². The molecule has 7 heteroatoms. The highest BCUT2D eigenvalue weighted by molar-refractivity contribution is 7.16. The molecule has 3 rings (SSSR count). The highest BCUT2D eigenvalue weighted by Gasteiger charge is 2.18. The number of thiazole rings is 1. The number of carbonyl (C=O) groups excluding carboxylic acids is 1. The van der Waals surface area contributed by atoms with Crippen LogP contribution in [0.25, 0.3) is 10.2 Å². The van der Waals surface area contributed by atoms with Gasteiger partial charge >= 0.3 is 0 Å². The van der Waals surface area contributed by atoms with Crippen molar-refractivity contribution in [3.63, 3.8) is 0 Å². The summed E-state index contributed by atoms with van der Waals surface area (Å²) >= 11 is 1.48. The molecular formula is C20H22N2O4S. The maximum absolute atomic E-state index is 13.0. The third kappa shape index (κ3) is 3.89. The van der Waals surface area contributed by atoms with Crippen molar-refractivity contribution >= 4 is 27.5 Å². The van der Waals surface area contributed by atoms with E-state index in [1.807, 2.05) is 23.6 Å². The van der Waals surface area contributed by atoms with Crippen LogP contribution in [0.15, 0.2) is 41.4 Å². The minimum absolute atomic E-state index is 0.314. The maximum atomic E-state index is 13.0. The van der Waals surface area contributed by atoms with E-state index in [9.17, 15) is 4.79 Å². The Bertz CT molecular complexity index is 1010. The van der Waals surface area contributed by atoms with Crippen LogP contribution in [-0.2, 0) is 11.3 Å². The van der Waals surface area contributed by atoms with Gasteiger partial charge in [0.25, 0.3) is 5.91 Å². The number of aryl methyl sites for hydroxylation is 1. The summed E-state index contributed by atoms with van der Waals surface area (Å²) in [7, 11) is 4.69. The molecule has 6 nitrogen and oxygen atoms in total. The summed E-state index contributed by atoms with van der Waals surface area (Å²) in [5, 5.41) is 0. The first-order chi connectivity index (χ1) is 13.1. The Labute approximate surface area is 161 Å². The van der Waals surface area contributed by atoms with Gasteiger partial charge in [-0.15, -0.1) is 0 Å². The average Bonchev–Trinajstić information content (AvgIpc) is 3.01. The first-order valence-corrected chi connectivity index (χ1v) is 9.29. The van der Waals surface area contributed by atoms with Gasteiger partial charge in [-0.05, 0) is 36.8 Å². The maximum Gasteiger partial charge on any atom is 0.287 e. The SMILES string of the molecule is COCCn1c(=NC(=O)c2c(OC)cccc2OC)sc2cc(C)ccc21. The number of nitrogens with zero attached hydrogens (tertiary/aromatic N) is 2. The van der Waals surface area contributed by atoms with Gasteiger partial charge in [0.15, 0.2) is 4.80 Å². The van der Waals surface area contributed by atoms with E-state index in [4.69, 9.17) is 14.2 Å². The number of rotatable bonds is 6. The standard InChI is InChI=1S/C20H22N2O4S/c1-13-8-9-14-17(12-13)27-20(22(14)10-11-24-2)21-19(23)18-15(25-3)6-5-7-16(18)26-4/h5-9,12H,10-11H2,1-4H3. The van der Waals surface area contributed by atoms with Gasteiger partial charge in [0.1, 0.15) is 17.1 Å². The minimum Gasteiger partial charge on any atom is -0.496 e. The first-order valence-electron chi connectivity index (χ1n) is 8.48. The van der Waals surface area contributed by atoms with Gasteiger partial charge < -0.3 is 18.8 Å². The van der Waals surface area contributed by atoms with Crippen molar-refractivity contribution in [2.75, 3.05) is 27.9 Å². The van der Waals surface area contributed by atoms with Crippen LogP contribution >= 0.6 is 11.3 Å². The van der Waals surface area contributed by atoms with Crippen LogP contribution in [0.1, 0.15) is 15.9 Å². The molecule has 0 N–H and O–H groups in total. The van der Waals surface area contributed by atoms with Gasteiger partial charge in [0.05, 0.1) is 31.0 Å². The Hall–Kier alpha value is -2.64. The molecule has 0 fully saturated rings. The Morgan fingerprint density at radius 2 is 1.81 bits per heavy atom. The summed E-state index contributed by atoms with van der Waals surface area (Å²) < 4.78 is 19.0. The number of methoxy groups -OCH3 is 3. The number of hydrogen-bond acceptors (Lipinski definition) is 5. The number of aromatic nitrogens is 1. The lowest BCUT2D eigenvalue weighted by Crippen LogP contribution is -2.19. The minimum atomic E-state index is -0.404. The molecule has 0 atom stereocenters. The van der Waals surface area contributed by atoms with Crippen LogP contribution in [0.5, 0.6) is 11.5 Å². The zero-order chi connectivity index (χ0) is 19.4. The molecule has 0 spiro atoms. The monoisotopic (exact) mass is 386 g/mol. The van der Waals surface area contributed by atoms with E-state index in [-0.39, 0.29) is 0 Å². The zero-order valence-electron chi connectivity index (χ0n) is 15.8. The fourth-order valence-electron chi connectivity index (χ4n) is 2.87. The summed E-state index contributed by atoms with van der Waals surface area (Å²) in [5.41, 5.74) is 2.50. The van der Waals surface area contributed by atoms with Crippen LogP contribution in [0.4, 0.5) is 0 Å². The molecule has 27 heavy (non-hydrogen) atoms. The normalized spacial score (nSPS) is 11.8. The molecule has 3 aromatic rings. The van der Waals surface area contributed by atoms with Crippen molar-refractivity contribution in [3.8, 4) is 11.5 Å². The molecule has 0 radical (unpaired) electrons. The van der Waals surface area contributed by atoms with Crippen molar-refractivity contribution in [1.29, 1.82) is 0 Å². The van der Waals surface area contributed by atoms with Gasteiger partial charge in [0.2, 0.25) is 0 Å². The van der Waals surface area contributed by atoms with E-state index >= 15 is 0 Å². The highest BCUT2D eigenvalue weighted by Crippen LogP contribution is 2.29. The van der Waals surface area contributed by atoms with E-state index in [1.165, 1.54) is 25.6 Å². The van der Waals surface area contributed by atoms with Crippen LogP contribution in [0.3, 0.4) is 0 Å². The van der Waals surface area contributed by atoms with E-state index in [0.717, 1.165) is 15.8 Å². The van der Waals surface area contributed by atoms with Gasteiger partial charge in [0, 0.05) is 13.7 Å². The molecule has 142 valence electrons. The number of carbonyl (C=O) groups is 1. The molecule has 1 heterocycles. The molecule has 1 aromatic heterocycles. The largest absolute Gasteiger partial charge is 0.496 e. The van der Waals surface area contributed by atoms with Crippen LogP contribution in [-0.4, -0.2) is 38.4 Å². The number of ether oxygens (including phenoxy) is 3. The van der Waals surface area contributed by atoms with Crippen molar-refractivity contribution in [3.05, 3.63) is 52.3 Å². The van der Waals surface area contributed by atoms with Gasteiger partial charge in [-0.1, -0.05) is 23.5 Å². The zero-order valence-corrected chi connectivity index (χ0v) is 16.6. The fourth-order valence-corrected chi connectivity index (χ4v) is 4.02. The summed E-state index contributed by atoms with van der Waals surface area (Å²) in [4.78, 5) is 18.0. The number of hydrogen-bond donors (Lipinski definition) is 0. The third-order valence-corrected chi connectivity index (χ3v) is 5.24. The Morgan fingerprint density at radius 3 is 2.44 bits per heavy atom. The summed E-state index contributed by atoms with van der Waals surface area (Å²) in [6, 6.07) is 11.4. The first kappa shape index (κ1) is 19.1. The van der Waals surface area contributed by atoms with Crippen molar-refractivity contribution in [2.45, 2.75) is 13.5 Å². The van der Waals surface area contributed by atoms with Crippen LogP contribution < -0.4 is 14.3 Å². The second-order valence-electron chi connectivity index (χ2n) is 5.95. The lowest BCUT2D eigenvalue weighted by Gasteiger charge is -2.10. The second-order valence-corrected chi connectivity index (χ2v) is 6.96. The number of fused-ring (bicyclic) bond motifs is 1. The molecule has 0 aliphatic heterocycles. The lowest BCUT2D eigenvalue weighted by atomic mass is 10.1. The smallest absolute Gasteiger partial charge is 0.287 e. The average molecular weight is 386 g/mol. The molecule has 0 saturated heterocycles. The van der Waals surface area contributed by atoms with Crippen molar-refractivity contribution < 1.29 is 19.0 Å². The van der Waals surface area contributed by atoms with Gasteiger partial charge in [-0.25, -0.2) is 0 Å². The molecule has 0 saturated carbocycles. The summed E-state index contributed by atoms with van der Waals surface area (Å²) in [5.74, 6) is 0.464. The highest BCUT2D eigenvalue weighted by atomic mass is 32.1. The molecule has 0 aliphatic carbocycles. The molecular weight excluding hydrogens is 364 g/mol. The van der Waals surface area contributed by atoms with E-state index < -0.39 is 5.91 Å². The number of benzene rings is 2. The molecule has 0 bridgehead atoms. The molecule has 1 amide bonds. The van der Waals surface area contributed by atoms with Crippen LogP contribution in [0.2, 0.25) is 0 Å². The van der Waals surface area contributed by atoms with E-state index in [1.54, 1.807) is 25.3 Å². The predicted octanol–water partition coefficient (Wildman–Crippen LogP) is 3.42. The number of amides is 1. The molecule has 0 unspecified atom stereocenters. The Morgan fingerprint density at radius 1 is 1.11 bits per heavy atom. The van der Waals surface area contributed by atoms with Crippen LogP contribution in [0, 0.1) is 6.92 Å². The molecule has 2 aromatic carbocycles. The van der Waals surface area contributed by atoms with Gasteiger partial charge in [-0.3, -0.25) is 4.79 Å². The third-order valence-electron chi connectivity index (χ3n) is 4.20. The summed E-state index contributed by atoms with van der Waals surface area (Å²) in [6.07, 6.45) is 0. The molecule has 0 aliphatic rings. The van der Waals surface area contributed by atoms with Gasteiger partial charge in [-0.2, -0.15) is 4.99 Å². The lowest BCUT2D eigenvalue weighted by molar-refractivity contribution is 0.0991. The quantitative estimate of drug-likeness (QED) is 0.651. The topological polar surface area (TPSA) is 62.1 Å². The summed E-state index contributed by atoms with van der Waals surface area (Å²) in [6.45, 7) is 3.17. The Kier molecular flexibility index (Phi) is 5.93. The van der Waals surface area contributed by atoms with E-state index in [2.05, 4.69) is 11.1 Å². The second kappa shape index (κ2) is 8.37. The fraction of sp³-hybridized carbons (Fsp3) is 0.300. The van der Waals surface area contributed by atoms with Crippen molar-refractivity contribution in [2.24, 2.45) is 4.99 Å².